The SMILES string of the molecule is C/C=C(C)/C(C)=N\O[Si](C)(C)C(C)(C)C. The average molecular weight is 227 g/mol. The Morgan fingerprint density at radius 1 is 1.20 bits per heavy atom. The Kier molecular flexibility index (Phi) is 4.78. The molecule has 0 spiro atoms. The van der Waals surface area contributed by atoms with Crippen LogP contribution in [0.4, 0.5) is 0 Å². The molecule has 0 saturated heterocycles. The number of rotatable bonds is 3. The molecule has 0 unspecified atom stereocenters. The lowest BCUT2D eigenvalue weighted by molar-refractivity contribution is 0.308. The van der Waals surface area contributed by atoms with E-state index in [0.717, 1.165) is 5.71 Å². The van der Waals surface area contributed by atoms with Gasteiger partial charge in [-0.05, 0) is 44.5 Å². The monoisotopic (exact) mass is 227 g/mol. The molecule has 0 heterocycles. The normalized spacial score (nSPS) is 15.5. The fourth-order valence-electron chi connectivity index (χ4n) is 0.600. The van der Waals surface area contributed by atoms with Crippen LogP contribution in [0.5, 0.6) is 0 Å². The second kappa shape index (κ2) is 4.97. The standard InChI is InChI=1S/C12H25NOSi/c1-9-10(2)11(3)13-14-15(7,8)12(4,5)6/h9H,1-8H3/b10-9+,13-11-. The summed E-state index contributed by atoms with van der Waals surface area (Å²) in [5.41, 5.74) is 2.15. The molecule has 0 aliphatic rings. The van der Waals surface area contributed by atoms with Gasteiger partial charge in [0.05, 0.1) is 5.71 Å². The van der Waals surface area contributed by atoms with E-state index in [1.165, 1.54) is 5.57 Å². The molecule has 0 aliphatic heterocycles. The summed E-state index contributed by atoms with van der Waals surface area (Å²) in [5, 5.41) is 4.45. The lowest BCUT2D eigenvalue weighted by atomic mass is 10.2. The van der Waals surface area contributed by atoms with Gasteiger partial charge < -0.3 is 4.53 Å². The lowest BCUT2D eigenvalue weighted by Gasteiger charge is -2.33. The molecule has 88 valence electrons. The predicted octanol–water partition coefficient (Wildman–Crippen LogP) is 4.35. The van der Waals surface area contributed by atoms with E-state index in [4.69, 9.17) is 4.53 Å². The molecule has 0 aromatic heterocycles. The number of nitrogens with zero attached hydrogens (tertiary/aromatic N) is 1. The van der Waals surface area contributed by atoms with E-state index in [-0.39, 0.29) is 5.04 Å². The highest BCUT2D eigenvalue weighted by Crippen LogP contribution is 2.36. The van der Waals surface area contributed by atoms with E-state index < -0.39 is 8.32 Å². The van der Waals surface area contributed by atoms with Crippen molar-refractivity contribution >= 4 is 14.0 Å². The average Bonchev–Trinajstić information content (AvgIpc) is 2.11. The van der Waals surface area contributed by atoms with Crippen molar-refractivity contribution in [3.8, 4) is 0 Å². The maximum absolute atomic E-state index is 5.76. The van der Waals surface area contributed by atoms with E-state index in [1.807, 2.05) is 26.8 Å². The molecule has 0 aromatic carbocycles. The Morgan fingerprint density at radius 2 is 1.67 bits per heavy atom. The van der Waals surface area contributed by atoms with Gasteiger partial charge in [-0.2, -0.15) is 0 Å². The van der Waals surface area contributed by atoms with E-state index in [9.17, 15) is 0 Å². The third-order valence-corrected chi connectivity index (χ3v) is 7.38. The van der Waals surface area contributed by atoms with Gasteiger partial charge in [-0.3, -0.25) is 0 Å². The first-order valence-electron chi connectivity index (χ1n) is 5.48. The summed E-state index contributed by atoms with van der Waals surface area (Å²) in [6, 6.07) is 0. The second-order valence-electron chi connectivity index (χ2n) is 5.50. The van der Waals surface area contributed by atoms with Crippen molar-refractivity contribution in [2.75, 3.05) is 0 Å². The van der Waals surface area contributed by atoms with Crippen LogP contribution in [0.25, 0.3) is 0 Å². The van der Waals surface area contributed by atoms with Crippen molar-refractivity contribution < 1.29 is 4.53 Å². The molecule has 0 radical (unpaired) electrons. The summed E-state index contributed by atoms with van der Waals surface area (Å²) >= 11 is 0. The Labute approximate surface area is 95.5 Å². The smallest absolute Gasteiger partial charge is 0.286 e. The summed E-state index contributed by atoms with van der Waals surface area (Å²) in [4.78, 5) is 0. The quantitative estimate of drug-likeness (QED) is 0.399. The van der Waals surface area contributed by atoms with Crippen LogP contribution in [-0.4, -0.2) is 14.0 Å². The molecule has 3 heteroatoms. The van der Waals surface area contributed by atoms with Gasteiger partial charge >= 0.3 is 0 Å². The van der Waals surface area contributed by atoms with Gasteiger partial charge in [0, 0.05) is 0 Å². The van der Waals surface area contributed by atoms with Crippen molar-refractivity contribution in [3.63, 3.8) is 0 Å². The van der Waals surface area contributed by atoms with Gasteiger partial charge in [-0.25, -0.2) is 0 Å². The third-order valence-electron chi connectivity index (χ3n) is 3.22. The topological polar surface area (TPSA) is 21.6 Å². The van der Waals surface area contributed by atoms with Crippen molar-refractivity contribution in [3.05, 3.63) is 11.6 Å². The maximum Gasteiger partial charge on any atom is 0.286 e. The van der Waals surface area contributed by atoms with Gasteiger partial charge in [-0.15, -0.1) is 5.16 Å². The summed E-state index contributed by atoms with van der Waals surface area (Å²) in [5.74, 6) is 0. The van der Waals surface area contributed by atoms with Crippen molar-refractivity contribution in [1.82, 2.24) is 0 Å². The molecule has 15 heavy (non-hydrogen) atoms. The van der Waals surface area contributed by atoms with Crippen LogP contribution in [0.15, 0.2) is 16.8 Å². The molecule has 0 bridgehead atoms. The fraction of sp³-hybridized carbons (Fsp3) is 0.750. The van der Waals surface area contributed by atoms with Crippen LogP contribution in [0.1, 0.15) is 41.5 Å². The molecule has 0 fully saturated rings. The summed E-state index contributed by atoms with van der Waals surface area (Å²) in [7, 11) is -1.74. The Hall–Kier alpha value is -0.573. The highest BCUT2D eigenvalue weighted by molar-refractivity contribution is 6.74. The zero-order valence-electron chi connectivity index (χ0n) is 11.4. The molecule has 0 aliphatic carbocycles. The first-order chi connectivity index (χ1) is 6.62. The van der Waals surface area contributed by atoms with Gasteiger partial charge in [0.1, 0.15) is 0 Å². The highest BCUT2D eigenvalue weighted by Gasteiger charge is 2.39. The van der Waals surface area contributed by atoms with Gasteiger partial charge in [0.25, 0.3) is 8.32 Å². The largest absolute Gasteiger partial charge is 0.455 e. The molecule has 0 N–H and O–H groups in total. The minimum absolute atomic E-state index is 0.209. The summed E-state index contributed by atoms with van der Waals surface area (Å²) in [6.45, 7) is 17.1. The lowest BCUT2D eigenvalue weighted by Crippen LogP contribution is -2.39. The van der Waals surface area contributed by atoms with Gasteiger partial charge in [-0.1, -0.05) is 26.8 Å². The molecule has 0 amide bonds. The van der Waals surface area contributed by atoms with Crippen LogP contribution in [0.2, 0.25) is 18.1 Å². The van der Waals surface area contributed by atoms with E-state index in [2.05, 4.69) is 39.0 Å². The predicted molar refractivity (Wildman–Crippen MR) is 70.8 cm³/mol. The Bertz CT molecular complexity index is 272. The molecule has 0 atom stereocenters. The minimum atomic E-state index is -1.74. The minimum Gasteiger partial charge on any atom is -0.455 e. The van der Waals surface area contributed by atoms with Gasteiger partial charge in [0.15, 0.2) is 0 Å². The Morgan fingerprint density at radius 3 is 2.00 bits per heavy atom. The van der Waals surface area contributed by atoms with Crippen LogP contribution in [-0.2, 0) is 4.53 Å². The molecular formula is C12H25NOSi. The fourth-order valence-corrected chi connectivity index (χ4v) is 1.24. The first-order valence-corrected chi connectivity index (χ1v) is 8.38. The molecule has 2 nitrogen and oxygen atoms in total. The Balaban J connectivity index is 4.65. The summed E-state index contributed by atoms with van der Waals surface area (Å²) in [6.07, 6.45) is 2.05. The second-order valence-corrected chi connectivity index (χ2v) is 10.2. The highest BCUT2D eigenvalue weighted by atomic mass is 28.4. The van der Waals surface area contributed by atoms with E-state index in [0.29, 0.717) is 0 Å². The summed E-state index contributed by atoms with van der Waals surface area (Å²) < 4.78 is 5.76. The van der Waals surface area contributed by atoms with E-state index >= 15 is 0 Å². The molecule has 0 saturated carbocycles. The number of hydrogen-bond acceptors (Lipinski definition) is 2. The van der Waals surface area contributed by atoms with Crippen LogP contribution >= 0.6 is 0 Å². The third kappa shape index (κ3) is 4.20. The van der Waals surface area contributed by atoms with E-state index in [1.54, 1.807) is 0 Å². The number of hydrogen-bond donors (Lipinski definition) is 0. The van der Waals surface area contributed by atoms with Crippen LogP contribution in [0, 0.1) is 0 Å². The molecule has 0 aromatic rings. The van der Waals surface area contributed by atoms with Crippen LogP contribution in [0.3, 0.4) is 0 Å². The van der Waals surface area contributed by atoms with Crippen molar-refractivity contribution in [1.29, 1.82) is 0 Å². The number of oxime groups is 1. The van der Waals surface area contributed by atoms with Crippen molar-refractivity contribution in [2.45, 2.75) is 59.7 Å². The number of allylic oxidation sites excluding steroid dienone is 2. The van der Waals surface area contributed by atoms with Crippen molar-refractivity contribution in [2.24, 2.45) is 5.16 Å². The first kappa shape index (κ1) is 14.4. The molecular weight excluding hydrogens is 202 g/mol. The van der Waals surface area contributed by atoms with Gasteiger partial charge in [0.2, 0.25) is 0 Å². The zero-order chi connectivity index (χ0) is 12.3. The molecule has 0 rings (SSSR count). The van der Waals surface area contributed by atoms with Crippen LogP contribution < -0.4 is 0 Å². The zero-order valence-corrected chi connectivity index (χ0v) is 12.4. The maximum atomic E-state index is 5.76.